The quantitative estimate of drug-likeness (QED) is 0.500. The molecule has 0 spiro atoms. The normalized spacial score (nSPS) is 10.5. The summed E-state index contributed by atoms with van der Waals surface area (Å²) in [5.74, 6) is -1.74. The lowest BCUT2D eigenvalue weighted by atomic mass is 10.0. The highest BCUT2D eigenvalue weighted by atomic mass is 35.5. The summed E-state index contributed by atoms with van der Waals surface area (Å²) in [6.07, 6.45) is 4.61. The smallest absolute Gasteiger partial charge is 0.341 e. The number of hydrogen-bond acceptors (Lipinski definition) is 7. The van der Waals surface area contributed by atoms with Crippen LogP contribution >= 0.6 is 11.6 Å². The predicted octanol–water partition coefficient (Wildman–Crippen LogP) is 2.93. The van der Waals surface area contributed by atoms with E-state index >= 15 is 0 Å². The number of nitriles is 1. The number of carbonyl (C=O) groups excluding carboxylic acids is 2. The number of hydrogen-bond donors (Lipinski definition) is 3. The molecule has 9 heteroatoms. The van der Waals surface area contributed by atoms with Crippen LogP contribution in [-0.2, 0) is 16.0 Å². The molecule has 8 nitrogen and oxygen atoms in total. The maximum atomic E-state index is 11.9. The van der Waals surface area contributed by atoms with Gasteiger partial charge in [-0.2, -0.15) is 5.26 Å². The number of methoxy groups -OCH3 is 1. The number of aromatic nitrogens is 1. The average molecular weight is 402 g/mol. The lowest BCUT2D eigenvalue weighted by Gasteiger charge is -2.12. The van der Waals surface area contributed by atoms with E-state index in [2.05, 4.69) is 15.0 Å². The Morgan fingerprint density at radius 1 is 1.36 bits per heavy atom. The number of pyridine rings is 1. The van der Waals surface area contributed by atoms with Gasteiger partial charge in [-0.15, -0.1) is 0 Å². The van der Waals surface area contributed by atoms with Crippen LogP contribution in [0.5, 0.6) is 11.5 Å². The van der Waals surface area contributed by atoms with Gasteiger partial charge < -0.3 is 20.3 Å². The number of benzene rings is 1. The molecule has 28 heavy (non-hydrogen) atoms. The number of amides is 1. The largest absolute Gasteiger partial charge is 0.507 e. The number of nitrogens with one attached hydrogen (secondary N) is 1. The maximum Gasteiger partial charge on any atom is 0.341 e. The Balaban J connectivity index is 2.05. The van der Waals surface area contributed by atoms with Gasteiger partial charge in [-0.25, -0.2) is 9.78 Å². The first kappa shape index (κ1) is 20.7. The molecule has 1 aromatic carbocycles. The van der Waals surface area contributed by atoms with E-state index in [9.17, 15) is 19.8 Å². The molecule has 1 amide bonds. The summed E-state index contributed by atoms with van der Waals surface area (Å²) < 4.78 is 4.63. The fourth-order valence-corrected chi connectivity index (χ4v) is 2.61. The summed E-state index contributed by atoms with van der Waals surface area (Å²) in [4.78, 5) is 27.7. The van der Waals surface area contributed by atoms with Crippen molar-refractivity contribution in [2.45, 2.75) is 12.8 Å². The van der Waals surface area contributed by atoms with Gasteiger partial charge in [-0.1, -0.05) is 17.7 Å². The maximum absolute atomic E-state index is 11.9. The first-order valence-corrected chi connectivity index (χ1v) is 8.40. The zero-order valence-electron chi connectivity index (χ0n) is 14.8. The number of allylic oxidation sites excluding steroid dienone is 1. The van der Waals surface area contributed by atoms with E-state index < -0.39 is 17.6 Å². The average Bonchev–Trinajstić information content (AvgIpc) is 2.68. The third kappa shape index (κ3) is 4.99. The van der Waals surface area contributed by atoms with E-state index in [-0.39, 0.29) is 28.3 Å². The molecule has 1 heterocycles. The van der Waals surface area contributed by atoms with Crippen molar-refractivity contribution in [1.29, 1.82) is 5.26 Å². The Morgan fingerprint density at radius 2 is 2.11 bits per heavy atom. The molecule has 0 atom stereocenters. The van der Waals surface area contributed by atoms with Gasteiger partial charge in [0.25, 0.3) is 0 Å². The standard InChI is InChI=1S/C19H16ClN3O5/c1-28-19(27)17-12(18(20)14(25)8-13(17)24)4-2-3-5-16(26)23-15-7-6-11(9-21)10-22-15/h3,5-8,10,24-25H,2,4H2,1H3,(H,22,23,26)/b5-3-. The number of phenols is 2. The molecule has 3 N–H and O–H groups in total. The van der Waals surface area contributed by atoms with Crippen molar-refractivity contribution in [2.24, 2.45) is 0 Å². The summed E-state index contributed by atoms with van der Waals surface area (Å²) >= 11 is 6.04. The Morgan fingerprint density at radius 3 is 2.71 bits per heavy atom. The van der Waals surface area contributed by atoms with Crippen LogP contribution in [0.25, 0.3) is 0 Å². The van der Waals surface area contributed by atoms with Crippen LogP contribution in [0.2, 0.25) is 5.02 Å². The second kappa shape index (κ2) is 9.39. The van der Waals surface area contributed by atoms with Gasteiger partial charge in [-0.3, -0.25) is 4.79 Å². The van der Waals surface area contributed by atoms with E-state index in [1.54, 1.807) is 0 Å². The van der Waals surface area contributed by atoms with E-state index in [4.69, 9.17) is 16.9 Å². The second-order valence-electron chi connectivity index (χ2n) is 5.55. The molecule has 0 bridgehead atoms. The lowest BCUT2D eigenvalue weighted by molar-refractivity contribution is -0.111. The topological polar surface area (TPSA) is 133 Å². The number of nitrogens with zero attached hydrogens (tertiary/aromatic N) is 2. The van der Waals surface area contributed by atoms with E-state index in [0.717, 1.165) is 13.2 Å². The first-order valence-electron chi connectivity index (χ1n) is 8.02. The van der Waals surface area contributed by atoms with Crippen LogP contribution in [0.1, 0.15) is 27.9 Å². The zero-order chi connectivity index (χ0) is 20.7. The predicted molar refractivity (Wildman–Crippen MR) is 101 cm³/mol. The van der Waals surface area contributed by atoms with Crippen LogP contribution in [0, 0.1) is 11.3 Å². The lowest BCUT2D eigenvalue weighted by Crippen LogP contribution is -2.09. The number of halogens is 1. The van der Waals surface area contributed by atoms with Gasteiger partial charge >= 0.3 is 5.97 Å². The van der Waals surface area contributed by atoms with Gasteiger partial charge in [0, 0.05) is 12.3 Å². The van der Waals surface area contributed by atoms with Crippen molar-refractivity contribution >= 4 is 29.3 Å². The van der Waals surface area contributed by atoms with Crippen molar-refractivity contribution in [2.75, 3.05) is 12.4 Å². The fourth-order valence-electron chi connectivity index (χ4n) is 2.37. The summed E-state index contributed by atoms with van der Waals surface area (Å²) in [6, 6.07) is 5.92. The van der Waals surface area contributed by atoms with Crippen molar-refractivity contribution in [3.05, 3.63) is 58.3 Å². The summed E-state index contributed by atoms with van der Waals surface area (Å²) in [5, 5.41) is 30.8. The SMILES string of the molecule is COC(=O)c1c(O)cc(O)c(Cl)c1CC/C=C\C(=O)Nc1ccc(C#N)cn1. The third-order valence-corrected chi connectivity index (χ3v) is 4.11. The number of ether oxygens (including phenoxy) is 1. The van der Waals surface area contributed by atoms with Crippen molar-refractivity contribution in [1.82, 2.24) is 4.98 Å². The molecule has 0 unspecified atom stereocenters. The Bertz CT molecular complexity index is 965. The molecular weight excluding hydrogens is 386 g/mol. The van der Waals surface area contributed by atoms with Crippen molar-refractivity contribution in [3.63, 3.8) is 0 Å². The van der Waals surface area contributed by atoms with Crippen LogP contribution in [0.4, 0.5) is 5.82 Å². The van der Waals surface area contributed by atoms with Gasteiger partial charge in [0.2, 0.25) is 5.91 Å². The van der Waals surface area contributed by atoms with Crippen LogP contribution in [0.15, 0.2) is 36.5 Å². The van der Waals surface area contributed by atoms with Crippen molar-refractivity contribution in [3.8, 4) is 17.6 Å². The fraction of sp³-hybridized carbons (Fsp3) is 0.158. The molecule has 0 aliphatic carbocycles. The molecule has 0 saturated carbocycles. The summed E-state index contributed by atoms with van der Waals surface area (Å²) in [5.41, 5.74) is 0.455. The molecule has 2 aromatic rings. The summed E-state index contributed by atoms with van der Waals surface area (Å²) in [7, 11) is 1.16. The molecule has 0 aliphatic heterocycles. The molecule has 1 aromatic heterocycles. The molecule has 0 saturated heterocycles. The number of phenolic OH excluding ortho intramolecular Hbond substituents is 2. The van der Waals surface area contributed by atoms with Gasteiger partial charge in [-0.05, 0) is 36.6 Å². The first-order chi connectivity index (χ1) is 13.4. The van der Waals surface area contributed by atoms with Crippen LogP contribution in [0.3, 0.4) is 0 Å². The monoisotopic (exact) mass is 401 g/mol. The van der Waals surface area contributed by atoms with Crippen LogP contribution in [-0.4, -0.2) is 34.2 Å². The molecule has 2 rings (SSSR count). The van der Waals surface area contributed by atoms with E-state index in [0.29, 0.717) is 17.8 Å². The number of carbonyl (C=O) groups is 2. The second-order valence-corrected chi connectivity index (χ2v) is 5.93. The molecule has 144 valence electrons. The molecule has 0 aliphatic rings. The van der Waals surface area contributed by atoms with E-state index in [1.165, 1.54) is 30.5 Å². The molecule has 0 fully saturated rings. The van der Waals surface area contributed by atoms with Gasteiger partial charge in [0.1, 0.15) is 28.9 Å². The van der Waals surface area contributed by atoms with Crippen LogP contribution < -0.4 is 5.32 Å². The third-order valence-electron chi connectivity index (χ3n) is 3.68. The minimum absolute atomic E-state index is 0.0714. The molecule has 0 radical (unpaired) electrons. The Labute approximate surface area is 165 Å². The van der Waals surface area contributed by atoms with E-state index in [1.807, 2.05) is 6.07 Å². The Kier molecular flexibility index (Phi) is 6.96. The highest BCUT2D eigenvalue weighted by Crippen LogP contribution is 2.37. The number of rotatable bonds is 6. The van der Waals surface area contributed by atoms with Gasteiger partial charge in [0.15, 0.2) is 0 Å². The highest BCUT2D eigenvalue weighted by Gasteiger charge is 2.22. The van der Waals surface area contributed by atoms with Crippen molar-refractivity contribution < 1.29 is 24.5 Å². The zero-order valence-corrected chi connectivity index (χ0v) is 15.5. The van der Waals surface area contributed by atoms with Gasteiger partial charge in [0.05, 0.1) is 17.7 Å². The molecular formula is C19H16ClN3O5. The number of anilines is 1. The minimum atomic E-state index is -0.789. The number of esters is 1. The highest BCUT2D eigenvalue weighted by molar-refractivity contribution is 6.33. The number of aromatic hydroxyl groups is 2. The minimum Gasteiger partial charge on any atom is -0.507 e. The summed E-state index contributed by atoms with van der Waals surface area (Å²) in [6.45, 7) is 0. The Hall–Kier alpha value is -3.57.